The van der Waals surface area contributed by atoms with E-state index in [2.05, 4.69) is 15.2 Å². The molecule has 6 nitrogen and oxygen atoms in total. The molecule has 2 aliphatic heterocycles. The lowest BCUT2D eigenvalue weighted by molar-refractivity contribution is -0.132. The molecule has 7 heteroatoms. The van der Waals surface area contributed by atoms with Gasteiger partial charge in [0.15, 0.2) is 0 Å². The normalized spacial score (nSPS) is 25.4. The molecule has 1 amide bonds. The van der Waals surface area contributed by atoms with Crippen molar-refractivity contribution >= 4 is 22.5 Å². The number of rotatable bonds is 5. The van der Waals surface area contributed by atoms with Crippen LogP contribution in [-0.2, 0) is 4.79 Å². The third-order valence-corrected chi connectivity index (χ3v) is 5.79. The number of amides is 1. The lowest BCUT2D eigenvalue weighted by Crippen LogP contribution is -2.42. The van der Waals surface area contributed by atoms with E-state index in [1.165, 1.54) is 0 Å². The highest BCUT2D eigenvalue weighted by atomic mass is 19.1. The Bertz CT molecular complexity index is 861. The molecule has 1 aromatic carbocycles. The Morgan fingerprint density at radius 1 is 1.36 bits per heavy atom. The molecule has 2 aromatic rings. The molecule has 4 rings (SSSR count). The second-order valence-electron chi connectivity index (χ2n) is 7.81. The lowest BCUT2D eigenvalue weighted by atomic mass is 10.1. The summed E-state index contributed by atoms with van der Waals surface area (Å²) >= 11 is 0. The number of methoxy groups -OCH3 is 1. The highest BCUT2D eigenvalue weighted by Crippen LogP contribution is 2.30. The van der Waals surface area contributed by atoms with Crippen molar-refractivity contribution < 1.29 is 13.9 Å². The van der Waals surface area contributed by atoms with E-state index in [0.717, 1.165) is 41.9 Å². The molecule has 1 aromatic heterocycles. The summed E-state index contributed by atoms with van der Waals surface area (Å²) in [5, 5.41) is 4.63. The molecule has 1 N–H and O–H groups in total. The van der Waals surface area contributed by atoms with Gasteiger partial charge in [-0.3, -0.25) is 14.7 Å². The van der Waals surface area contributed by atoms with Crippen molar-refractivity contribution in [3.63, 3.8) is 0 Å². The lowest BCUT2D eigenvalue weighted by Gasteiger charge is -2.24. The number of hydrogen-bond donors (Lipinski definition) is 1. The summed E-state index contributed by atoms with van der Waals surface area (Å²) in [5.41, 5.74) is 1.86. The van der Waals surface area contributed by atoms with Gasteiger partial charge < -0.3 is 15.0 Å². The van der Waals surface area contributed by atoms with Crippen molar-refractivity contribution in [1.29, 1.82) is 0 Å². The molecule has 3 atom stereocenters. The van der Waals surface area contributed by atoms with Crippen LogP contribution in [0.2, 0.25) is 0 Å². The van der Waals surface area contributed by atoms with Crippen molar-refractivity contribution in [1.82, 2.24) is 14.8 Å². The number of halogens is 1. The van der Waals surface area contributed by atoms with Gasteiger partial charge in [-0.1, -0.05) is 12.1 Å². The van der Waals surface area contributed by atoms with Crippen LogP contribution in [0.15, 0.2) is 30.5 Å². The van der Waals surface area contributed by atoms with E-state index >= 15 is 0 Å². The van der Waals surface area contributed by atoms with Gasteiger partial charge in [-0.2, -0.15) is 0 Å². The van der Waals surface area contributed by atoms with Gasteiger partial charge in [0.05, 0.1) is 20.2 Å². The Morgan fingerprint density at radius 3 is 2.96 bits per heavy atom. The fraction of sp³-hybridized carbons (Fsp3) is 0.524. The van der Waals surface area contributed by atoms with Crippen LogP contribution in [0.1, 0.15) is 19.8 Å². The van der Waals surface area contributed by atoms with Crippen LogP contribution in [0.4, 0.5) is 10.1 Å². The standard InChI is InChI=1S/C21H27FN4O2/c1-14-10-15(22)11-26(14)20(27)13-25-9-7-16(12-25)24-18-6-8-23-21-17(18)4-3-5-19(21)28-2/h3-6,8,14-16H,7,9-13H2,1-2H3,(H,23,24)/t14-,15+,16-/m1/s1. The van der Waals surface area contributed by atoms with E-state index in [-0.39, 0.29) is 24.5 Å². The van der Waals surface area contributed by atoms with Crippen molar-refractivity contribution in [3.8, 4) is 5.75 Å². The van der Waals surface area contributed by atoms with Crippen molar-refractivity contribution in [2.45, 2.75) is 38.0 Å². The van der Waals surface area contributed by atoms with Crippen LogP contribution in [0.5, 0.6) is 5.75 Å². The van der Waals surface area contributed by atoms with Crippen molar-refractivity contribution in [3.05, 3.63) is 30.5 Å². The minimum absolute atomic E-state index is 0.00260. The number of para-hydroxylation sites is 1. The van der Waals surface area contributed by atoms with Crippen LogP contribution in [0.3, 0.4) is 0 Å². The first kappa shape index (κ1) is 18.9. The van der Waals surface area contributed by atoms with Crippen molar-refractivity contribution in [2.24, 2.45) is 0 Å². The number of hydrogen-bond acceptors (Lipinski definition) is 5. The molecule has 0 unspecified atom stereocenters. The van der Waals surface area contributed by atoms with E-state index in [1.54, 1.807) is 18.2 Å². The fourth-order valence-corrected chi connectivity index (χ4v) is 4.35. The zero-order valence-electron chi connectivity index (χ0n) is 16.4. The van der Waals surface area contributed by atoms with Crippen molar-refractivity contribution in [2.75, 3.05) is 38.6 Å². The monoisotopic (exact) mass is 386 g/mol. The van der Waals surface area contributed by atoms with Crippen LogP contribution in [0.25, 0.3) is 10.9 Å². The van der Waals surface area contributed by atoms with Crippen LogP contribution in [0, 0.1) is 0 Å². The first-order chi connectivity index (χ1) is 13.5. The highest BCUT2D eigenvalue weighted by Gasteiger charge is 2.34. The minimum atomic E-state index is -0.885. The quantitative estimate of drug-likeness (QED) is 0.856. The zero-order valence-corrected chi connectivity index (χ0v) is 16.4. The molecule has 2 fully saturated rings. The topological polar surface area (TPSA) is 57.7 Å². The number of alkyl halides is 1. The average Bonchev–Trinajstić information content (AvgIpc) is 3.26. The van der Waals surface area contributed by atoms with E-state index in [9.17, 15) is 9.18 Å². The Kier molecular flexibility index (Phi) is 5.35. The minimum Gasteiger partial charge on any atom is -0.494 e. The Morgan fingerprint density at radius 2 is 2.21 bits per heavy atom. The number of ether oxygens (including phenoxy) is 1. The third-order valence-electron chi connectivity index (χ3n) is 5.79. The maximum absolute atomic E-state index is 13.6. The van der Waals surface area contributed by atoms with Gasteiger partial charge in [0, 0.05) is 48.9 Å². The summed E-state index contributed by atoms with van der Waals surface area (Å²) in [6.07, 6.45) is 2.31. The summed E-state index contributed by atoms with van der Waals surface area (Å²) in [7, 11) is 1.65. The van der Waals surface area contributed by atoms with Crippen LogP contribution in [-0.4, -0.2) is 72.2 Å². The smallest absolute Gasteiger partial charge is 0.237 e. The highest BCUT2D eigenvalue weighted by molar-refractivity contribution is 5.94. The van der Waals surface area contributed by atoms with Gasteiger partial charge in [-0.05, 0) is 25.5 Å². The molecule has 0 aliphatic carbocycles. The Balaban J connectivity index is 1.39. The number of nitrogens with zero attached hydrogens (tertiary/aromatic N) is 3. The maximum Gasteiger partial charge on any atom is 0.237 e. The van der Waals surface area contributed by atoms with Gasteiger partial charge >= 0.3 is 0 Å². The zero-order chi connectivity index (χ0) is 19.7. The number of carbonyl (C=O) groups excluding carboxylic acids is 1. The summed E-state index contributed by atoms with van der Waals surface area (Å²) < 4.78 is 19.0. The van der Waals surface area contributed by atoms with E-state index < -0.39 is 6.17 Å². The summed E-state index contributed by atoms with van der Waals surface area (Å²) in [5.74, 6) is 0.790. The molecule has 3 heterocycles. The molecule has 0 radical (unpaired) electrons. The fourth-order valence-electron chi connectivity index (χ4n) is 4.35. The predicted molar refractivity (Wildman–Crippen MR) is 107 cm³/mol. The summed E-state index contributed by atoms with van der Waals surface area (Å²) in [6, 6.07) is 8.13. The largest absolute Gasteiger partial charge is 0.494 e. The number of carbonyl (C=O) groups is 1. The SMILES string of the molecule is COc1cccc2c(N[C@@H]3CCN(CC(=O)N4C[C@@H](F)C[C@H]4C)C3)ccnc12. The number of nitrogens with one attached hydrogen (secondary N) is 1. The summed E-state index contributed by atoms with van der Waals surface area (Å²) in [6.45, 7) is 4.17. The van der Waals surface area contributed by atoms with E-state index in [4.69, 9.17) is 4.74 Å². The van der Waals surface area contributed by atoms with Crippen LogP contribution < -0.4 is 10.1 Å². The first-order valence-electron chi connectivity index (χ1n) is 9.89. The van der Waals surface area contributed by atoms with Gasteiger partial charge in [-0.25, -0.2) is 4.39 Å². The van der Waals surface area contributed by atoms with Crippen LogP contribution >= 0.6 is 0 Å². The molecule has 2 saturated heterocycles. The van der Waals surface area contributed by atoms with E-state index in [1.807, 2.05) is 31.2 Å². The Hall–Kier alpha value is -2.41. The second kappa shape index (κ2) is 7.91. The number of anilines is 1. The number of pyridine rings is 1. The van der Waals surface area contributed by atoms with Gasteiger partial charge in [-0.15, -0.1) is 0 Å². The number of benzene rings is 1. The maximum atomic E-state index is 13.6. The number of fused-ring (bicyclic) bond motifs is 1. The first-order valence-corrected chi connectivity index (χ1v) is 9.89. The molecule has 0 bridgehead atoms. The van der Waals surface area contributed by atoms with E-state index in [0.29, 0.717) is 13.0 Å². The molecular formula is C21H27FN4O2. The van der Waals surface area contributed by atoms with Gasteiger partial charge in [0.25, 0.3) is 0 Å². The molecular weight excluding hydrogens is 359 g/mol. The second-order valence-corrected chi connectivity index (χ2v) is 7.81. The van der Waals surface area contributed by atoms with Gasteiger partial charge in [0.2, 0.25) is 5.91 Å². The molecule has 0 spiro atoms. The average molecular weight is 386 g/mol. The Labute approximate surface area is 164 Å². The molecule has 28 heavy (non-hydrogen) atoms. The number of likely N-dealkylation sites (tertiary alicyclic amines) is 2. The molecule has 150 valence electrons. The molecule has 2 aliphatic rings. The van der Waals surface area contributed by atoms with Gasteiger partial charge in [0.1, 0.15) is 17.4 Å². The summed E-state index contributed by atoms with van der Waals surface area (Å²) in [4.78, 5) is 20.8. The number of aromatic nitrogens is 1. The molecule has 0 saturated carbocycles. The predicted octanol–water partition coefficient (Wildman–Crippen LogP) is 2.69. The third kappa shape index (κ3) is 3.76.